The van der Waals surface area contributed by atoms with Gasteiger partial charge in [-0.15, -0.1) is 0 Å². The Hall–Kier alpha value is -0.800. The van der Waals surface area contributed by atoms with Crippen LogP contribution in [0, 0.1) is 0 Å². The molecule has 0 aliphatic carbocycles. The van der Waals surface area contributed by atoms with Crippen LogP contribution in [0.2, 0.25) is 0 Å². The van der Waals surface area contributed by atoms with E-state index in [1.165, 1.54) is 0 Å². The van der Waals surface area contributed by atoms with Gasteiger partial charge in [-0.05, 0) is 32.6 Å². The van der Waals surface area contributed by atoms with Crippen LogP contribution in [0.4, 0.5) is 0 Å². The van der Waals surface area contributed by atoms with E-state index in [2.05, 4.69) is 23.6 Å². The van der Waals surface area contributed by atoms with Gasteiger partial charge in [0, 0.05) is 25.5 Å². The summed E-state index contributed by atoms with van der Waals surface area (Å²) < 4.78 is 2.10. The third-order valence-corrected chi connectivity index (χ3v) is 2.06. The molecule has 3 nitrogen and oxygen atoms in total. The zero-order chi connectivity index (χ0) is 9.84. The van der Waals surface area contributed by atoms with E-state index in [-0.39, 0.29) is 6.10 Å². The molecule has 0 saturated heterocycles. The van der Waals surface area contributed by atoms with Crippen molar-refractivity contribution in [1.82, 2.24) is 9.47 Å². The normalized spacial score (nSPS) is 13.6. The fourth-order valence-corrected chi connectivity index (χ4v) is 1.16. The second-order valence-corrected chi connectivity index (χ2v) is 3.66. The molecule has 0 saturated carbocycles. The highest BCUT2D eigenvalue weighted by atomic mass is 16.3. The average Bonchev–Trinajstić information content (AvgIpc) is 2.48. The number of aliphatic hydroxyl groups excluding tert-OH is 1. The van der Waals surface area contributed by atoms with Gasteiger partial charge in [0.05, 0.1) is 6.10 Å². The Morgan fingerprint density at radius 2 is 2.23 bits per heavy atom. The first-order valence-electron chi connectivity index (χ1n) is 4.58. The largest absolute Gasteiger partial charge is 0.389 e. The molecule has 13 heavy (non-hydrogen) atoms. The summed E-state index contributed by atoms with van der Waals surface area (Å²) in [6.07, 6.45) is 3.64. The topological polar surface area (TPSA) is 28.4 Å². The van der Waals surface area contributed by atoms with E-state index in [4.69, 9.17) is 0 Å². The van der Waals surface area contributed by atoms with Crippen LogP contribution in [-0.4, -0.2) is 35.2 Å². The molecule has 1 atom stereocenters. The molecule has 1 unspecified atom stereocenters. The van der Waals surface area contributed by atoms with Crippen LogP contribution in [0.15, 0.2) is 18.5 Å². The molecule has 0 radical (unpaired) electrons. The fourth-order valence-electron chi connectivity index (χ4n) is 1.16. The van der Waals surface area contributed by atoms with Crippen LogP contribution in [0.3, 0.4) is 0 Å². The number of hydrogen-bond donors (Lipinski definition) is 1. The monoisotopic (exact) mass is 182 g/mol. The number of nitrogens with zero attached hydrogens (tertiary/aromatic N) is 2. The van der Waals surface area contributed by atoms with Crippen LogP contribution < -0.4 is 0 Å². The van der Waals surface area contributed by atoms with Gasteiger partial charge in [0.15, 0.2) is 0 Å². The minimum Gasteiger partial charge on any atom is -0.389 e. The van der Waals surface area contributed by atoms with E-state index in [9.17, 15) is 5.11 Å². The van der Waals surface area contributed by atoms with Crippen LogP contribution in [-0.2, 0) is 6.54 Å². The molecule has 0 aromatic carbocycles. The van der Waals surface area contributed by atoms with Crippen LogP contribution in [0.5, 0.6) is 0 Å². The van der Waals surface area contributed by atoms with Crippen molar-refractivity contribution in [2.24, 2.45) is 0 Å². The van der Waals surface area contributed by atoms with Crippen molar-refractivity contribution in [3.63, 3.8) is 0 Å². The van der Waals surface area contributed by atoms with Crippen molar-refractivity contribution in [1.29, 1.82) is 0 Å². The van der Waals surface area contributed by atoms with E-state index in [1.54, 1.807) is 6.92 Å². The van der Waals surface area contributed by atoms with E-state index in [0.29, 0.717) is 0 Å². The third kappa shape index (κ3) is 3.20. The van der Waals surface area contributed by atoms with Crippen molar-refractivity contribution >= 4 is 0 Å². The van der Waals surface area contributed by atoms with Crippen LogP contribution in [0.25, 0.3) is 0 Å². The highest BCUT2D eigenvalue weighted by Gasteiger charge is 2.02. The second kappa shape index (κ2) is 4.44. The molecule has 0 amide bonds. The van der Waals surface area contributed by atoms with Gasteiger partial charge in [0.1, 0.15) is 0 Å². The van der Waals surface area contributed by atoms with Gasteiger partial charge in [-0.2, -0.15) is 0 Å². The van der Waals surface area contributed by atoms with Crippen molar-refractivity contribution in [3.8, 4) is 0 Å². The molecule has 0 aliphatic rings. The third-order valence-electron chi connectivity index (χ3n) is 2.06. The van der Waals surface area contributed by atoms with E-state index in [1.807, 2.05) is 18.5 Å². The average molecular weight is 182 g/mol. The molecule has 1 N–H and O–H groups in total. The summed E-state index contributed by atoms with van der Waals surface area (Å²) in [5.74, 6) is 0. The van der Waals surface area contributed by atoms with Gasteiger partial charge in [-0.3, -0.25) is 0 Å². The first-order valence-corrected chi connectivity index (χ1v) is 4.58. The molecule has 1 aromatic heterocycles. The maximum atomic E-state index is 9.29. The summed E-state index contributed by atoms with van der Waals surface area (Å²) in [5, 5.41) is 9.29. The van der Waals surface area contributed by atoms with Gasteiger partial charge in [-0.25, -0.2) is 0 Å². The Bertz CT molecular complexity index is 253. The summed E-state index contributed by atoms with van der Waals surface area (Å²) in [7, 11) is 4.11. The van der Waals surface area contributed by atoms with E-state index < -0.39 is 0 Å². The standard InChI is InChI=1S/C10H18N2O/c1-9(13)10-4-5-12(8-10)7-6-11(2)3/h4-5,8-9,13H,6-7H2,1-3H3. The van der Waals surface area contributed by atoms with Gasteiger partial charge in [0.2, 0.25) is 0 Å². The lowest BCUT2D eigenvalue weighted by Crippen LogP contribution is -2.17. The quantitative estimate of drug-likeness (QED) is 0.755. The van der Waals surface area contributed by atoms with Crippen molar-refractivity contribution < 1.29 is 5.11 Å². The summed E-state index contributed by atoms with van der Waals surface area (Å²) in [5.41, 5.74) is 0.985. The molecule has 1 aromatic rings. The first-order chi connectivity index (χ1) is 6.09. The molecule has 74 valence electrons. The van der Waals surface area contributed by atoms with Crippen LogP contribution >= 0.6 is 0 Å². The number of rotatable bonds is 4. The SMILES string of the molecule is CC(O)c1ccn(CCN(C)C)c1. The minimum absolute atomic E-state index is 0.361. The second-order valence-electron chi connectivity index (χ2n) is 3.66. The Kier molecular flexibility index (Phi) is 3.51. The Morgan fingerprint density at radius 3 is 2.69 bits per heavy atom. The Balaban J connectivity index is 2.49. The highest BCUT2D eigenvalue weighted by molar-refractivity contribution is 5.12. The maximum absolute atomic E-state index is 9.29. The van der Waals surface area contributed by atoms with Gasteiger partial charge < -0.3 is 14.6 Å². The first kappa shape index (κ1) is 10.3. The highest BCUT2D eigenvalue weighted by Crippen LogP contribution is 2.11. The van der Waals surface area contributed by atoms with Crippen molar-refractivity contribution in [2.45, 2.75) is 19.6 Å². The maximum Gasteiger partial charge on any atom is 0.0776 e. The summed E-state index contributed by atoms with van der Waals surface area (Å²) in [6, 6.07) is 1.96. The summed E-state index contributed by atoms with van der Waals surface area (Å²) >= 11 is 0. The number of aromatic nitrogens is 1. The zero-order valence-electron chi connectivity index (χ0n) is 8.57. The van der Waals surface area contributed by atoms with Gasteiger partial charge in [0.25, 0.3) is 0 Å². The van der Waals surface area contributed by atoms with Crippen molar-refractivity contribution in [3.05, 3.63) is 24.0 Å². The predicted octanol–water partition coefficient (Wildman–Crippen LogP) is 1.10. The number of aliphatic hydroxyl groups is 1. The summed E-state index contributed by atoms with van der Waals surface area (Å²) in [4.78, 5) is 2.14. The molecule has 0 spiro atoms. The molecular weight excluding hydrogens is 164 g/mol. The molecule has 0 fully saturated rings. The predicted molar refractivity (Wildman–Crippen MR) is 53.6 cm³/mol. The van der Waals surface area contributed by atoms with E-state index >= 15 is 0 Å². The summed E-state index contributed by atoms with van der Waals surface area (Å²) in [6.45, 7) is 3.78. The fraction of sp³-hybridized carbons (Fsp3) is 0.600. The smallest absolute Gasteiger partial charge is 0.0776 e. The number of likely N-dealkylation sites (N-methyl/N-ethyl adjacent to an activating group) is 1. The molecule has 3 heteroatoms. The number of hydrogen-bond acceptors (Lipinski definition) is 2. The lowest BCUT2D eigenvalue weighted by Gasteiger charge is -2.09. The van der Waals surface area contributed by atoms with Gasteiger partial charge >= 0.3 is 0 Å². The Labute approximate surface area is 79.6 Å². The molecular formula is C10H18N2O. The zero-order valence-corrected chi connectivity index (χ0v) is 8.57. The van der Waals surface area contributed by atoms with Crippen molar-refractivity contribution in [2.75, 3.05) is 20.6 Å². The van der Waals surface area contributed by atoms with Gasteiger partial charge in [-0.1, -0.05) is 0 Å². The minimum atomic E-state index is -0.361. The van der Waals surface area contributed by atoms with Crippen LogP contribution in [0.1, 0.15) is 18.6 Å². The lowest BCUT2D eigenvalue weighted by atomic mass is 10.2. The molecule has 1 heterocycles. The lowest BCUT2D eigenvalue weighted by molar-refractivity contribution is 0.199. The Morgan fingerprint density at radius 1 is 1.54 bits per heavy atom. The van der Waals surface area contributed by atoms with E-state index in [0.717, 1.165) is 18.7 Å². The molecule has 0 bridgehead atoms. The molecule has 1 rings (SSSR count). The molecule has 0 aliphatic heterocycles.